The molecule has 1 amide bonds. The minimum Gasteiger partial charge on any atom is -0.374 e. The number of carbonyl (C=O) groups is 1. The predicted molar refractivity (Wildman–Crippen MR) is 73.8 cm³/mol. The van der Waals surface area contributed by atoms with Crippen LogP contribution in [0.4, 0.5) is 0 Å². The zero-order valence-corrected chi connectivity index (χ0v) is 11.9. The van der Waals surface area contributed by atoms with Crippen molar-refractivity contribution < 1.29 is 19.0 Å². The van der Waals surface area contributed by atoms with Crippen LogP contribution in [-0.4, -0.2) is 30.5 Å². The van der Waals surface area contributed by atoms with Gasteiger partial charge in [0.05, 0.1) is 25.4 Å². The number of primary amides is 1. The quantitative estimate of drug-likeness (QED) is 0.888. The zero-order chi connectivity index (χ0) is 14.6. The molecule has 1 fully saturated rings. The lowest BCUT2D eigenvalue weighted by atomic mass is 10.0. The molecule has 110 valence electrons. The lowest BCUT2D eigenvalue weighted by molar-refractivity contribution is -0.305. The van der Waals surface area contributed by atoms with Crippen LogP contribution in [0.1, 0.15) is 25.8 Å². The molecule has 1 heterocycles. The van der Waals surface area contributed by atoms with Crippen molar-refractivity contribution in [3.8, 4) is 0 Å². The summed E-state index contributed by atoms with van der Waals surface area (Å²) in [7, 11) is 0. The topological polar surface area (TPSA) is 70.8 Å². The van der Waals surface area contributed by atoms with Gasteiger partial charge in [-0.2, -0.15) is 0 Å². The maximum absolute atomic E-state index is 11.4. The van der Waals surface area contributed by atoms with Crippen LogP contribution in [0, 0.1) is 0 Å². The second-order valence-corrected chi connectivity index (χ2v) is 5.44. The third-order valence-corrected chi connectivity index (χ3v) is 3.42. The van der Waals surface area contributed by atoms with Gasteiger partial charge in [-0.3, -0.25) is 4.79 Å². The predicted octanol–water partition coefficient (Wildman–Crippen LogP) is 1.60. The third kappa shape index (κ3) is 3.56. The van der Waals surface area contributed by atoms with Crippen LogP contribution in [0.3, 0.4) is 0 Å². The molecule has 0 radical (unpaired) electrons. The van der Waals surface area contributed by atoms with Crippen molar-refractivity contribution in [2.24, 2.45) is 5.73 Å². The van der Waals surface area contributed by atoms with Gasteiger partial charge in [0.1, 0.15) is 0 Å². The minimum absolute atomic E-state index is 0.383. The van der Waals surface area contributed by atoms with E-state index in [2.05, 4.69) is 0 Å². The largest absolute Gasteiger partial charge is 0.374 e. The van der Waals surface area contributed by atoms with Crippen LogP contribution in [0.15, 0.2) is 30.3 Å². The first-order valence-corrected chi connectivity index (χ1v) is 6.69. The summed E-state index contributed by atoms with van der Waals surface area (Å²) in [6.45, 7) is 4.76. The van der Waals surface area contributed by atoms with E-state index in [1.54, 1.807) is 6.92 Å². The number of amides is 1. The van der Waals surface area contributed by atoms with E-state index in [0.29, 0.717) is 26.2 Å². The van der Waals surface area contributed by atoms with Gasteiger partial charge in [0.15, 0.2) is 0 Å². The average Bonchev–Trinajstić information content (AvgIpc) is 2.39. The van der Waals surface area contributed by atoms with Gasteiger partial charge >= 0.3 is 0 Å². The van der Waals surface area contributed by atoms with Crippen LogP contribution < -0.4 is 5.73 Å². The Morgan fingerprint density at radius 3 is 2.70 bits per heavy atom. The Labute approximate surface area is 119 Å². The first-order valence-electron chi connectivity index (χ1n) is 6.69. The summed E-state index contributed by atoms with van der Waals surface area (Å²) in [6.07, 6.45) is 0.657. The van der Waals surface area contributed by atoms with E-state index in [1.807, 2.05) is 37.3 Å². The Balaban J connectivity index is 1.89. The Kier molecular flexibility index (Phi) is 4.42. The molecule has 0 spiro atoms. The third-order valence-electron chi connectivity index (χ3n) is 3.42. The Bertz CT molecular complexity index is 464. The van der Waals surface area contributed by atoms with Crippen molar-refractivity contribution in [2.75, 3.05) is 13.2 Å². The molecule has 1 aromatic carbocycles. The van der Waals surface area contributed by atoms with Crippen molar-refractivity contribution in [1.29, 1.82) is 0 Å². The van der Waals surface area contributed by atoms with Gasteiger partial charge in [-0.25, -0.2) is 0 Å². The Morgan fingerprint density at radius 1 is 1.35 bits per heavy atom. The summed E-state index contributed by atoms with van der Waals surface area (Å²) >= 11 is 0. The number of nitrogens with two attached hydrogens (primary N) is 1. The van der Waals surface area contributed by atoms with E-state index < -0.39 is 17.3 Å². The molecular formula is C15H21NO4. The number of benzene rings is 1. The highest BCUT2D eigenvalue weighted by Crippen LogP contribution is 2.31. The molecule has 0 aliphatic carbocycles. The molecule has 0 saturated carbocycles. The molecule has 1 aliphatic heterocycles. The van der Waals surface area contributed by atoms with Gasteiger partial charge in [-0.05, 0) is 19.4 Å². The summed E-state index contributed by atoms with van der Waals surface area (Å²) in [4.78, 5) is 11.4. The number of hydrogen-bond acceptors (Lipinski definition) is 4. The van der Waals surface area contributed by atoms with Crippen LogP contribution in [0.5, 0.6) is 0 Å². The summed E-state index contributed by atoms with van der Waals surface area (Å²) < 4.78 is 16.8. The monoisotopic (exact) mass is 279 g/mol. The number of carbonyl (C=O) groups excluding carboxylic acids is 1. The Hall–Kier alpha value is -1.43. The van der Waals surface area contributed by atoms with E-state index in [0.717, 1.165) is 5.56 Å². The molecule has 2 unspecified atom stereocenters. The smallest absolute Gasteiger partial charge is 0.277 e. The van der Waals surface area contributed by atoms with Crippen LogP contribution >= 0.6 is 0 Å². The molecule has 5 heteroatoms. The van der Waals surface area contributed by atoms with Crippen molar-refractivity contribution in [3.05, 3.63) is 35.9 Å². The normalized spacial score (nSPS) is 30.1. The second kappa shape index (κ2) is 5.91. The van der Waals surface area contributed by atoms with E-state index >= 15 is 0 Å². The maximum Gasteiger partial charge on any atom is 0.277 e. The number of rotatable bonds is 5. The fourth-order valence-corrected chi connectivity index (χ4v) is 2.19. The van der Waals surface area contributed by atoms with Gasteiger partial charge in [-0.1, -0.05) is 30.3 Å². The zero-order valence-electron chi connectivity index (χ0n) is 11.9. The molecule has 1 saturated heterocycles. The van der Waals surface area contributed by atoms with Gasteiger partial charge in [0.2, 0.25) is 5.79 Å². The van der Waals surface area contributed by atoms with Gasteiger partial charge in [0.25, 0.3) is 5.91 Å². The summed E-state index contributed by atoms with van der Waals surface area (Å²) in [5.41, 5.74) is 5.84. The molecule has 0 aromatic heterocycles. The highest BCUT2D eigenvalue weighted by molar-refractivity contribution is 5.81. The SMILES string of the molecule is CC1(COCc2ccccc2)CCOC(C)(C(N)=O)O1. The summed E-state index contributed by atoms with van der Waals surface area (Å²) in [6, 6.07) is 9.90. The highest BCUT2D eigenvalue weighted by Gasteiger charge is 2.45. The van der Waals surface area contributed by atoms with Crippen LogP contribution in [0.25, 0.3) is 0 Å². The summed E-state index contributed by atoms with van der Waals surface area (Å²) in [5, 5.41) is 0. The van der Waals surface area contributed by atoms with E-state index in [1.165, 1.54) is 0 Å². The van der Waals surface area contributed by atoms with E-state index in [4.69, 9.17) is 19.9 Å². The molecule has 2 atom stereocenters. The second-order valence-electron chi connectivity index (χ2n) is 5.44. The fourth-order valence-electron chi connectivity index (χ4n) is 2.19. The summed E-state index contributed by atoms with van der Waals surface area (Å²) in [5.74, 6) is -1.99. The fraction of sp³-hybridized carbons (Fsp3) is 0.533. The number of ether oxygens (including phenoxy) is 3. The van der Waals surface area contributed by atoms with Gasteiger partial charge < -0.3 is 19.9 Å². The van der Waals surface area contributed by atoms with Gasteiger partial charge in [-0.15, -0.1) is 0 Å². The number of hydrogen-bond donors (Lipinski definition) is 1. The average molecular weight is 279 g/mol. The molecular weight excluding hydrogens is 258 g/mol. The minimum atomic E-state index is -1.37. The van der Waals surface area contributed by atoms with Crippen molar-refractivity contribution in [2.45, 2.75) is 38.3 Å². The molecule has 1 aliphatic rings. The first-order chi connectivity index (χ1) is 9.44. The molecule has 0 bridgehead atoms. The lowest BCUT2D eigenvalue weighted by Gasteiger charge is -2.42. The molecule has 2 N–H and O–H groups in total. The van der Waals surface area contributed by atoms with Gasteiger partial charge in [0, 0.05) is 6.42 Å². The van der Waals surface area contributed by atoms with E-state index in [9.17, 15) is 4.79 Å². The first kappa shape index (κ1) is 15.0. The van der Waals surface area contributed by atoms with Crippen LogP contribution in [0.2, 0.25) is 0 Å². The Morgan fingerprint density at radius 2 is 2.05 bits per heavy atom. The van der Waals surface area contributed by atoms with Crippen molar-refractivity contribution >= 4 is 5.91 Å². The lowest BCUT2D eigenvalue weighted by Crippen LogP contribution is -2.57. The molecule has 5 nitrogen and oxygen atoms in total. The van der Waals surface area contributed by atoms with Crippen molar-refractivity contribution in [3.63, 3.8) is 0 Å². The molecule has 20 heavy (non-hydrogen) atoms. The van der Waals surface area contributed by atoms with Crippen molar-refractivity contribution in [1.82, 2.24) is 0 Å². The standard InChI is InChI=1S/C15H21NO4/c1-14(8-9-19-15(2,20-14)13(16)17)11-18-10-12-6-4-3-5-7-12/h3-7H,8-11H2,1-2H3,(H2,16,17). The molecule has 1 aromatic rings. The highest BCUT2D eigenvalue weighted by atomic mass is 16.7. The maximum atomic E-state index is 11.4. The molecule has 2 rings (SSSR count). The van der Waals surface area contributed by atoms with E-state index in [-0.39, 0.29) is 0 Å². The van der Waals surface area contributed by atoms with Crippen LogP contribution in [-0.2, 0) is 25.6 Å².